The summed E-state index contributed by atoms with van der Waals surface area (Å²) in [4.78, 5) is 15.3. The Labute approximate surface area is 233 Å². The van der Waals surface area contributed by atoms with E-state index < -0.39 is 0 Å². The van der Waals surface area contributed by atoms with Crippen LogP contribution in [0.3, 0.4) is 0 Å². The molecule has 2 aromatic rings. The molecular formula is C31H43ClN2O2S. The monoisotopic (exact) mass is 542 g/mol. The maximum atomic E-state index is 13.1. The van der Waals surface area contributed by atoms with Gasteiger partial charge >= 0.3 is 0 Å². The average molecular weight is 543 g/mol. The molecule has 0 spiro atoms. The van der Waals surface area contributed by atoms with E-state index in [0.29, 0.717) is 35.2 Å². The van der Waals surface area contributed by atoms with E-state index in [1.807, 2.05) is 36.4 Å². The number of carbonyl (C=O) groups is 1. The largest absolute Gasteiger partial charge is 0.492 e. The van der Waals surface area contributed by atoms with Crippen LogP contribution < -0.4 is 10.1 Å². The summed E-state index contributed by atoms with van der Waals surface area (Å²) >= 11 is 8.13. The third kappa shape index (κ3) is 11.0. The first kappa shape index (κ1) is 29.4. The Morgan fingerprint density at radius 2 is 1.62 bits per heavy atom. The maximum Gasteiger partial charge on any atom is 0.256 e. The molecule has 0 saturated heterocycles. The number of anilines is 1. The quantitative estimate of drug-likeness (QED) is 0.190. The minimum atomic E-state index is -0.124. The summed E-state index contributed by atoms with van der Waals surface area (Å²) in [5, 5.41) is 5.66. The van der Waals surface area contributed by atoms with Gasteiger partial charge in [0.15, 0.2) is 0 Å². The fourth-order valence-corrected chi connectivity index (χ4v) is 5.41. The molecular weight excluding hydrogens is 500 g/mol. The SMILES string of the molecule is CCCCCCCCCCCCCCOc1cc(NC(=O)c2ccccc2CN2C=CSC2)ccc1Cl. The van der Waals surface area contributed by atoms with Gasteiger partial charge in [0.2, 0.25) is 0 Å². The lowest BCUT2D eigenvalue weighted by molar-refractivity contribution is 0.102. The first-order chi connectivity index (χ1) is 18.2. The van der Waals surface area contributed by atoms with Crippen molar-refractivity contribution < 1.29 is 9.53 Å². The third-order valence-corrected chi connectivity index (χ3v) is 7.80. The first-order valence-electron chi connectivity index (χ1n) is 14.0. The highest BCUT2D eigenvalue weighted by atomic mass is 35.5. The average Bonchev–Trinajstić information content (AvgIpc) is 3.42. The number of ether oxygens (including phenoxy) is 1. The molecule has 1 N–H and O–H groups in total. The lowest BCUT2D eigenvalue weighted by Crippen LogP contribution is -2.18. The molecule has 4 nitrogen and oxygen atoms in total. The van der Waals surface area contributed by atoms with Crippen LogP contribution in [0.4, 0.5) is 5.69 Å². The molecule has 0 aromatic heterocycles. The summed E-state index contributed by atoms with van der Waals surface area (Å²) in [6.45, 7) is 3.62. The Kier molecular flexibility index (Phi) is 13.9. The number of halogens is 1. The van der Waals surface area contributed by atoms with E-state index in [0.717, 1.165) is 17.9 Å². The van der Waals surface area contributed by atoms with Crippen molar-refractivity contribution in [3.63, 3.8) is 0 Å². The molecule has 1 amide bonds. The van der Waals surface area contributed by atoms with Gasteiger partial charge in [-0.25, -0.2) is 0 Å². The number of amides is 1. The van der Waals surface area contributed by atoms with Crippen LogP contribution in [0.2, 0.25) is 5.02 Å². The lowest BCUT2D eigenvalue weighted by Gasteiger charge is -2.17. The summed E-state index contributed by atoms with van der Waals surface area (Å²) in [6, 6.07) is 13.2. The van der Waals surface area contributed by atoms with Crippen molar-refractivity contribution in [2.24, 2.45) is 0 Å². The minimum Gasteiger partial charge on any atom is -0.492 e. The highest BCUT2D eigenvalue weighted by Gasteiger charge is 2.15. The van der Waals surface area contributed by atoms with E-state index >= 15 is 0 Å². The Balaban J connectivity index is 1.36. The van der Waals surface area contributed by atoms with E-state index in [1.54, 1.807) is 17.8 Å². The summed E-state index contributed by atoms with van der Waals surface area (Å²) in [6.07, 6.45) is 17.8. The molecule has 0 unspecified atom stereocenters. The number of hydrogen-bond acceptors (Lipinski definition) is 4. The molecule has 37 heavy (non-hydrogen) atoms. The van der Waals surface area contributed by atoms with Crippen molar-refractivity contribution in [3.8, 4) is 5.75 Å². The van der Waals surface area contributed by atoms with Crippen LogP contribution in [-0.4, -0.2) is 23.3 Å². The van der Waals surface area contributed by atoms with Gasteiger partial charge in [0.25, 0.3) is 5.91 Å². The normalized spacial score (nSPS) is 12.8. The number of carbonyl (C=O) groups excluding carboxylic acids is 1. The van der Waals surface area contributed by atoms with E-state index in [1.165, 1.54) is 70.6 Å². The number of nitrogens with one attached hydrogen (secondary N) is 1. The number of nitrogens with zero attached hydrogens (tertiary/aromatic N) is 1. The van der Waals surface area contributed by atoms with Gasteiger partial charge in [0.1, 0.15) is 5.75 Å². The van der Waals surface area contributed by atoms with Crippen LogP contribution in [0.25, 0.3) is 0 Å². The Bertz CT molecular complexity index is 981. The highest BCUT2D eigenvalue weighted by molar-refractivity contribution is 8.02. The predicted octanol–water partition coefficient (Wildman–Crippen LogP) is 9.65. The van der Waals surface area contributed by atoms with E-state index in [4.69, 9.17) is 16.3 Å². The third-order valence-electron chi connectivity index (χ3n) is 6.69. The molecule has 0 radical (unpaired) electrons. The molecule has 0 aliphatic carbocycles. The molecule has 0 fully saturated rings. The minimum absolute atomic E-state index is 0.124. The molecule has 0 bridgehead atoms. The summed E-state index contributed by atoms with van der Waals surface area (Å²) in [5.41, 5.74) is 2.37. The first-order valence-corrected chi connectivity index (χ1v) is 15.4. The number of hydrogen-bond donors (Lipinski definition) is 1. The van der Waals surface area contributed by atoms with Crippen LogP contribution in [0, 0.1) is 0 Å². The number of rotatable bonds is 18. The predicted molar refractivity (Wildman–Crippen MR) is 160 cm³/mol. The number of thioether (sulfide) groups is 1. The van der Waals surface area contributed by atoms with Gasteiger partial charge in [-0.1, -0.05) is 107 Å². The van der Waals surface area contributed by atoms with Crippen molar-refractivity contribution in [1.82, 2.24) is 4.90 Å². The molecule has 0 saturated carbocycles. The molecule has 1 aliphatic rings. The van der Waals surface area contributed by atoms with Gasteiger partial charge in [0.05, 0.1) is 17.5 Å². The maximum absolute atomic E-state index is 13.1. The summed E-state index contributed by atoms with van der Waals surface area (Å²) in [7, 11) is 0. The molecule has 202 valence electrons. The van der Waals surface area contributed by atoms with Crippen molar-refractivity contribution in [1.29, 1.82) is 0 Å². The highest BCUT2D eigenvalue weighted by Crippen LogP contribution is 2.29. The Morgan fingerprint density at radius 3 is 2.30 bits per heavy atom. The molecule has 1 aliphatic heterocycles. The van der Waals surface area contributed by atoms with E-state index in [2.05, 4.69) is 28.7 Å². The van der Waals surface area contributed by atoms with Crippen LogP contribution in [-0.2, 0) is 6.54 Å². The molecule has 2 aromatic carbocycles. The zero-order valence-corrected chi connectivity index (χ0v) is 23.9. The summed E-state index contributed by atoms with van der Waals surface area (Å²) < 4.78 is 5.97. The zero-order chi connectivity index (χ0) is 26.1. The van der Waals surface area contributed by atoms with Crippen LogP contribution in [0.15, 0.2) is 54.1 Å². The van der Waals surface area contributed by atoms with Crippen LogP contribution in [0.1, 0.15) is 99.9 Å². The Morgan fingerprint density at radius 1 is 0.946 bits per heavy atom. The Hall–Kier alpha value is -2.11. The molecule has 3 rings (SSSR count). The standard InChI is InChI=1S/C31H43ClN2O2S/c1-2-3-4-5-6-7-8-9-10-11-12-15-21-36-30-23-27(18-19-29(30)32)33-31(35)28-17-14-13-16-26(28)24-34-20-22-37-25-34/h13-14,16-20,22-23H,2-12,15,21,24-25H2,1H3,(H,33,35). The number of unbranched alkanes of at least 4 members (excludes halogenated alkanes) is 11. The van der Waals surface area contributed by atoms with Crippen molar-refractivity contribution in [2.75, 3.05) is 17.8 Å². The zero-order valence-electron chi connectivity index (χ0n) is 22.4. The van der Waals surface area contributed by atoms with Gasteiger partial charge in [-0.2, -0.15) is 0 Å². The fraction of sp³-hybridized carbons (Fsp3) is 0.516. The van der Waals surface area contributed by atoms with Gasteiger partial charge < -0.3 is 15.0 Å². The second kappa shape index (κ2) is 17.4. The van der Waals surface area contributed by atoms with Crippen molar-refractivity contribution in [3.05, 3.63) is 70.2 Å². The van der Waals surface area contributed by atoms with Gasteiger partial charge in [0, 0.05) is 30.1 Å². The van der Waals surface area contributed by atoms with Crippen LogP contribution >= 0.6 is 23.4 Å². The van der Waals surface area contributed by atoms with E-state index in [9.17, 15) is 4.79 Å². The van der Waals surface area contributed by atoms with Crippen molar-refractivity contribution >= 4 is 35.0 Å². The second-order valence-corrected chi connectivity index (χ2v) is 11.1. The summed E-state index contributed by atoms with van der Waals surface area (Å²) in [5.74, 6) is 1.41. The molecule has 6 heteroatoms. The topological polar surface area (TPSA) is 41.6 Å². The van der Waals surface area contributed by atoms with Crippen LogP contribution in [0.5, 0.6) is 5.75 Å². The van der Waals surface area contributed by atoms with E-state index in [-0.39, 0.29) is 5.91 Å². The smallest absolute Gasteiger partial charge is 0.256 e. The molecule has 1 heterocycles. The lowest BCUT2D eigenvalue weighted by atomic mass is 10.1. The second-order valence-electron chi connectivity index (χ2n) is 9.82. The van der Waals surface area contributed by atoms with Gasteiger partial charge in [-0.3, -0.25) is 4.79 Å². The molecule has 0 atom stereocenters. The van der Waals surface area contributed by atoms with Gasteiger partial charge in [-0.15, -0.1) is 11.8 Å². The van der Waals surface area contributed by atoms with Crippen molar-refractivity contribution in [2.45, 2.75) is 90.5 Å². The van der Waals surface area contributed by atoms with Gasteiger partial charge in [-0.05, 0) is 35.6 Å². The fourth-order valence-electron chi connectivity index (χ4n) is 4.52. The number of benzene rings is 2.